The standard InChI is InChI=1S/C11H18F3N3/c1-8(2)10-9(7-17(3)16-10)6-15-5-4-11(12,13)14/h7-8,15H,4-6H2,1-3H3. The van der Waals surface area contributed by atoms with Gasteiger partial charge in [-0.3, -0.25) is 4.68 Å². The number of nitrogens with zero attached hydrogens (tertiary/aromatic N) is 2. The van der Waals surface area contributed by atoms with E-state index in [0.717, 1.165) is 11.3 Å². The molecule has 1 rings (SSSR count). The lowest BCUT2D eigenvalue weighted by molar-refractivity contribution is -0.133. The minimum atomic E-state index is -4.09. The number of halogens is 3. The fourth-order valence-electron chi connectivity index (χ4n) is 1.63. The molecule has 6 heteroatoms. The Labute approximate surface area is 99.0 Å². The van der Waals surface area contributed by atoms with E-state index >= 15 is 0 Å². The largest absolute Gasteiger partial charge is 0.390 e. The van der Waals surface area contributed by atoms with Crippen molar-refractivity contribution >= 4 is 0 Å². The monoisotopic (exact) mass is 249 g/mol. The molecule has 1 N–H and O–H groups in total. The average Bonchev–Trinajstić information content (AvgIpc) is 2.53. The predicted molar refractivity (Wildman–Crippen MR) is 59.7 cm³/mol. The number of hydrogen-bond acceptors (Lipinski definition) is 2. The Kier molecular flexibility index (Phi) is 4.56. The molecule has 1 heterocycles. The molecule has 0 saturated heterocycles. The normalized spacial score (nSPS) is 12.4. The predicted octanol–water partition coefficient (Wildman–Crippen LogP) is 2.59. The van der Waals surface area contributed by atoms with Crippen LogP contribution in [0.2, 0.25) is 0 Å². The van der Waals surface area contributed by atoms with Gasteiger partial charge in [0.1, 0.15) is 0 Å². The summed E-state index contributed by atoms with van der Waals surface area (Å²) < 4.78 is 37.5. The lowest BCUT2D eigenvalue weighted by Crippen LogP contribution is -2.21. The van der Waals surface area contributed by atoms with Crippen LogP contribution in [0.3, 0.4) is 0 Å². The van der Waals surface area contributed by atoms with Crippen molar-refractivity contribution in [1.29, 1.82) is 0 Å². The maximum absolute atomic E-state index is 11.9. The molecule has 17 heavy (non-hydrogen) atoms. The molecular weight excluding hydrogens is 231 g/mol. The van der Waals surface area contributed by atoms with Crippen molar-refractivity contribution in [3.63, 3.8) is 0 Å². The zero-order chi connectivity index (χ0) is 13.1. The third-order valence-corrected chi connectivity index (χ3v) is 2.38. The summed E-state index contributed by atoms with van der Waals surface area (Å²) >= 11 is 0. The Morgan fingerprint density at radius 1 is 1.41 bits per heavy atom. The van der Waals surface area contributed by atoms with E-state index < -0.39 is 12.6 Å². The molecule has 1 aromatic heterocycles. The van der Waals surface area contributed by atoms with Gasteiger partial charge in [-0.2, -0.15) is 18.3 Å². The molecule has 0 aliphatic heterocycles. The quantitative estimate of drug-likeness (QED) is 0.813. The van der Waals surface area contributed by atoms with Gasteiger partial charge in [0.15, 0.2) is 0 Å². The van der Waals surface area contributed by atoms with E-state index in [-0.39, 0.29) is 12.5 Å². The minimum Gasteiger partial charge on any atom is -0.312 e. The molecule has 98 valence electrons. The molecule has 0 fully saturated rings. The van der Waals surface area contributed by atoms with Gasteiger partial charge in [0.05, 0.1) is 12.1 Å². The topological polar surface area (TPSA) is 29.9 Å². The van der Waals surface area contributed by atoms with Crippen molar-refractivity contribution in [3.05, 3.63) is 17.5 Å². The molecule has 0 aliphatic rings. The molecule has 0 radical (unpaired) electrons. The molecule has 0 amide bonds. The number of hydrogen-bond donors (Lipinski definition) is 1. The maximum Gasteiger partial charge on any atom is 0.390 e. The Balaban J connectivity index is 2.46. The highest BCUT2D eigenvalue weighted by Gasteiger charge is 2.26. The fraction of sp³-hybridized carbons (Fsp3) is 0.727. The average molecular weight is 249 g/mol. The first-order valence-electron chi connectivity index (χ1n) is 5.59. The number of aryl methyl sites for hydroxylation is 1. The van der Waals surface area contributed by atoms with E-state index in [0.29, 0.717) is 6.54 Å². The van der Waals surface area contributed by atoms with Crippen LogP contribution < -0.4 is 5.32 Å². The SMILES string of the molecule is CC(C)c1nn(C)cc1CNCCC(F)(F)F. The molecule has 0 aliphatic carbocycles. The summed E-state index contributed by atoms with van der Waals surface area (Å²) in [5.41, 5.74) is 1.90. The van der Waals surface area contributed by atoms with Gasteiger partial charge >= 0.3 is 6.18 Å². The smallest absolute Gasteiger partial charge is 0.312 e. The summed E-state index contributed by atoms with van der Waals surface area (Å²) in [7, 11) is 1.81. The van der Waals surface area contributed by atoms with Crippen LogP contribution in [-0.2, 0) is 13.6 Å². The number of rotatable bonds is 5. The van der Waals surface area contributed by atoms with E-state index in [1.165, 1.54) is 0 Å². The van der Waals surface area contributed by atoms with E-state index in [1.807, 2.05) is 27.1 Å². The van der Waals surface area contributed by atoms with Crippen LogP contribution >= 0.6 is 0 Å². The summed E-state index contributed by atoms with van der Waals surface area (Å²) in [6.07, 6.45) is -3.05. The van der Waals surface area contributed by atoms with Crippen LogP contribution in [0, 0.1) is 0 Å². The molecule has 0 bridgehead atoms. The van der Waals surface area contributed by atoms with E-state index in [1.54, 1.807) is 4.68 Å². The Morgan fingerprint density at radius 3 is 2.59 bits per heavy atom. The molecule has 0 saturated carbocycles. The molecule has 0 aromatic carbocycles. The molecule has 0 unspecified atom stereocenters. The van der Waals surface area contributed by atoms with Crippen molar-refractivity contribution in [1.82, 2.24) is 15.1 Å². The Bertz CT molecular complexity index is 355. The zero-order valence-corrected chi connectivity index (χ0v) is 10.3. The summed E-state index contributed by atoms with van der Waals surface area (Å²) in [5, 5.41) is 7.09. The molecule has 1 aromatic rings. The van der Waals surface area contributed by atoms with Crippen LogP contribution in [0.4, 0.5) is 13.2 Å². The highest BCUT2D eigenvalue weighted by molar-refractivity contribution is 5.19. The van der Waals surface area contributed by atoms with Crippen molar-refractivity contribution in [2.45, 2.75) is 38.9 Å². The number of nitrogens with one attached hydrogen (secondary N) is 1. The molecule has 0 spiro atoms. The maximum atomic E-state index is 11.9. The Hall–Kier alpha value is -1.04. The molecular formula is C11H18F3N3. The summed E-state index contributed by atoms with van der Waals surface area (Å²) in [4.78, 5) is 0. The van der Waals surface area contributed by atoms with Crippen LogP contribution in [0.1, 0.15) is 37.4 Å². The van der Waals surface area contributed by atoms with Crippen molar-refractivity contribution in [2.24, 2.45) is 7.05 Å². The van der Waals surface area contributed by atoms with Crippen molar-refractivity contribution < 1.29 is 13.2 Å². The molecule has 3 nitrogen and oxygen atoms in total. The van der Waals surface area contributed by atoms with Gasteiger partial charge in [-0.1, -0.05) is 13.8 Å². The van der Waals surface area contributed by atoms with Gasteiger partial charge < -0.3 is 5.32 Å². The van der Waals surface area contributed by atoms with Gasteiger partial charge in [0.25, 0.3) is 0 Å². The van der Waals surface area contributed by atoms with Gasteiger partial charge in [-0.15, -0.1) is 0 Å². The first-order valence-corrected chi connectivity index (χ1v) is 5.59. The van der Waals surface area contributed by atoms with Gasteiger partial charge in [-0.25, -0.2) is 0 Å². The van der Waals surface area contributed by atoms with Crippen molar-refractivity contribution in [3.8, 4) is 0 Å². The number of alkyl halides is 3. The molecule has 0 atom stereocenters. The second kappa shape index (κ2) is 5.53. The van der Waals surface area contributed by atoms with Crippen LogP contribution in [0.5, 0.6) is 0 Å². The zero-order valence-electron chi connectivity index (χ0n) is 10.3. The number of aromatic nitrogens is 2. The van der Waals surface area contributed by atoms with Gasteiger partial charge in [0, 0.05) is 31.9 Å². The third kappa shape index (κ3) is 4.77. The van der Waals surface area contributed by atoms with Gasteiger partial charge in [-0.05, 0) is 5.92 Å². The highest BCUT2D eigenvalue weighted by Crippen LogP contribution is 2.19. The second-order valence-electron chi connectivity index (χ2n) is 4.41. The van der Waals surface area contributed by atoms with Crippen molar-refractivity contribution in [2.75, 3.05) is 6.54 Å². The second-order valence-corrected chi connectivity index (χ2v) is 4.41. The summed E-state index contributed by atoms with van der Waals surface area (Å²) in [6, 6.07) is 0. The fourth-order valence-corrected chi connectivity index (χ4v) is 1.63. The summed E-state index contributed by atoms with van der Waals surface area (Å²) in [5.74, 6) is 0.274. The highest BCUT2D eigenvalue weighted by atomic mass is 19.4. The van der Waals surface area contributed by atoms with E-state index in [9.17, 15) is 13.2 Å². The third-order valence-electron chi connectivity index (χ3n) is 2.38. The van der Waals surface area contributed by atoms with Crippen LogP contribution in [-0.4, -0.2) is 22.5 Å². The lowest BCUT2D eigenvalue weighted by Gasteiger charge is -2.08. The first-order chi connectivity index (χ1) is 7.79. The van der Waals surface area contributed by atoms with E-state index in [2.05, 4.69) is 10.4 Å². The van der Waals surface area contributed by atoms with Gasteiger partial charge in [0.2, 0.25) is 0 Å². The minimum absolute atomic E-state index is 0.0596. The Morgan fingerprint density at radius 2 is 2.06 bits per heavy atom. The summed E-state index contributed by atoms with van der Waals surface area (Å²) in [6.45, 7) is 4.40. The van der Waals surface area contributed by atoms with E-state index in [4.69, 9.17) is 0 Å². The van der Waals surface area contributed by atoms with Crippen LogP contribution in [0.15, 0.2) is 6.20 Å². The first kappa shape index (κ1) is 14.0. The van der Waals surface area contributed by atoms with Crippen LogP contribution in [0.25, 0.3) is 0 Å². The lowest BCUT2D eigenvalue weighted by atomic mass is 10.1.